The van der Waals surface area contributed by atoms with Crippen molar-refractivity contribution in [2.45, 2.75) is 46.5 Å². The van der Waals surface area contributed by atoms with Crippen molar-refractivity contribution in [1.29, 1.82) is 0 Å². The number of hydrogen-bond donors (Lipinski definition) is 3. The average molecular weight is 280 g/mol. The standard InChI is InChI=1S/C15H28N4O/c1-15(2,3)12(6-8-16)4-5-14(20)19-9-7-13-17-10-11-18-13/h10-12H,4-9,16H2,1-3H3,(H,17,18)(H,19,20). The van der Waals surface area contributed by atoms with E-state index in [4.69, 9.17) is 5.73 Å². The first-order valence-corrected chi connectivity index (χ1v) is 7.38. The summed E-state index contributed by atoms with van der Waals surface area (Å²) in [6.45, 7) is 7.94. The van der Waals surface area contributed by atoms with Gasteiger partial charge in [0, 0.05) is 31.8 Å². The molecule has 1 aromatic rings. The predicted octanol–water partition coefficient (Wildman–Crippen LogP) is 1.86. The Morgan fingerprint density at radius 2 is 2.20 bits per heavy atom. The fourth-order valence-electron chi connectivity index (χ4n) is 2.36. The van der Waals surface area contributed by atoms with Crippen molar-refractivity contribution in [2.24, 2.45) is 17.1 Å². The maximum atomic E-state index is 11.8. The van der Waals surface area contributed by atoms with Gasteiger partial charge in [-0.15, -0.1) is 0 Å². The third kappa shape index (κ3) is 6.19. The first kappa shape index (κ1) is 16.7. The summed E-state index contributed by atoms with van der Waals surface area (Å²) in [6, 6.07) is 0. The molecule has 0 aliphatic heterocycles. The molecule has 4 N–H and O–H groups in total. The van der Waals surface area contributed by atoms with E-state index in [9.17, 15) is 4.79 Å². The van der Waals surface area contributed by atoms with Gasteiger partial charge in [-0.1, -0.05) is 20.8 Å². The lowest BCUT2D eigenvalue weighted by Gasteiger charge is -2.30. The summed E-state index contributed by atoms with van der Waals surface area (Å²) in [5, 5.41) is 2.94. The van der Waals surface area contributed by atoms with E-state index in [0.717, 1.165) is 25.1 Å². The highest BCUT2D eigenvalue weighted by Gasteiger charge is 2.24. The van der Waals surface area contributed by atoms with Crippen molar-refractivity contribution in [3.63, 3.8) is 0 Å². The van der Waals surface area contributed by atoms with Crippen molar-refractivity contribution in [3.05, 3.63) is 18.2 Å². The van der Waals surface area contributed by atoms with Gasteiger partial charge in [-0.25, -0.2) is 4.98 Å². The summed E-state index contributed by atoms with van der Waals surface area (Å²) in [6.07, 6.45) is 6.69. The third-order valence-electron chi connectivity index (χ3n) is 3.70. The van der Waals surface area contributed by atoms with Crippen molar-refractivity contribution in [3.8, 4) is 0 Å². The lowest BCUT2D eigenvalue weighted by atomic mass is 9.76. The quantitative estimate of drug-likeness (QED) is 0.679. The van der Waals surface area contributed by atoms with Gasteiger partial charge in [0.15, 0.2) is 0 Å². The maximum Gasteiger partial charge on any atom is 0.220 e. The summed E-state index contributed by atoms with van der Waals surface area (Å²) in [7, 11) is 0. The fraction of sp³-hybridized carbons (Fsp3) is 0.733. The number of rotatable bonds is 8. The molecule has 0 aliphatic carbocycles. The molecular weight excluding hydrogens is 252 g/mol. The van der Waals surface area contributed by atoms with Crippen LogP contribution in [0.1, 0.15) is 45.9 Å². The van der Waals surface area contributed by atoms with Crippen molar-refractivity contribution >= 4 is 5.91 Å². The average Bonchev–Trinajstić information content (AvgIpc) is 2.86. The number of carbonyl (C=O) groups is 1. The molecule has 0 spiro atoms. The molecule has 0 radical (unpaired) electrons. The number of nitrogens with one attached hydrogen (secondary N) is 2. The molecule has 0 aromatic carbocycles. The normalized spacial score (nSPS) is 13.2. The van der Waals surface area contributed by atoms with Gasteiger partial charge >= 0.3 is 0 Å². The van der Waals surface area contributed by atoms with Crippen LogP contribution in [0.3, 0.4) is 0 Å². The molecule has 20 heavy (non-hydrogen) atoms. The minimum Gasteiger partial charge on any atom is -0.356 e. The van der Waals surface area contributed by atoms with E-state index in [1.165, 1.54) is 0 Å². The largest absolute Gasteiger partial charge is 0.356 e. The topological polar surface area (TPSA) is 83.8 Å². The molecule has 0 saturated heterocycles. The van der Waals surface area contributed by atoms with Gasteiger partial charge in [-0.2, -0.15) is 0 Å². The Bertz CT molecular complexity index is 381. The zero-order valence-corrected chi connectivity index (χ0v) is 12.9. The van der Waals surface area contributed by atoms with Crippen molar-refractivity contribution < 1.29 is 4.79 Å². The zero-order chi connectivity index (χ0) is 15.0. The molecule has 114 valence electrons. The number of imidazole rings is 1. The molecule has 1 aromatic heterocycles. The van der Waals surface area contributed by atoms with Crippen LogP contribution in [0.25, 0.3) is 0 Å². The van der Waals surface area contributed by atoms with E-state index < -0.39 is 0 Å². The minimum absolute atomic E-state index is 0.114. The Morgan fingerprint density at radius 1 is 1.45 bits per heavy atom. The fourth-order valence-corrected chi connectivity index (χ4v) is 2.36. The highest BCUT2D eigenvalue weighted by molar-refractivity contribution is 5.75. The van der Waals surface area contributed by atoms with E-state index >= 15 is 0 Å². The number of nitrogens with two attached hydrogens (primary N) is 1. The first-order chi connectivity index (χ1) is 9.43. The summed E-state index contributed by atoms with van der Waals surface area (Å²) < 4.78 is 0. The van der Waals surface area contributed by atoms with Crippen LogP contribution in [0.15, 0.2) is 12.4 Å². The van der Waals surface area contributed by atoms with Crippen LogP contribution in [-0.2, 0) is 11.2 Å². The van der Waals surface area contributed by atoms with E-state index in [-0.39, 0.29) is 11.3 Å². The van der Waals surface area contributed by atoms with Gasteiger partial charge < -0.3 is 16.0 Å². The first-order valence-electron chi connectivity index (χ1n) is 7.38. The number of aromatic amines is 1. The van der Waals surface area contributed by atoms with E-state index in [1.807, 2.05) is 0 Å². The van der Waals surface area contributed by atoms with Crippen LogP contribution in [0.2, 0.25) is 0 Å². The van der Waals surface area contributed by atoms with Gasteiger partial charge in [-0.3, -0.25) is 4.79 Å². The number of aromatic nitrogens is 2. The highest BCUT2D eigenvalue weighted by Crippen LogP contribution is 2.31. The Kier molecular flexibility index (Phi) is 6.71. The van der Waals surface area contributed by atoms with Gasteiger partial charge in [0.2, 0.25) is 5.91 Å². The second-order valence-corrected chi connectivity index (χ2v) is 6.31. The van der Waals surface area contributed by atoms with Gasteiger partial charge in [0.25, 0.3) is 0 Å². The molecule has 1 atom stereocenters. The van der Waals surface area contributed by atoms with Crippen LogP contribution >= 0.6 is 0 Å². The lowest BCUT2D eigenvalue weighted by Crippen LogP contribution is -2.29. The summed E-state index contributed by atoms with van der Waals surface area (Å²) in [5.41, 5.74) is 5.86. The summed E-state index contributed by atoms with van der Waals surface area (Å²) in [5.74, 6) is 1.51. The molecular formula is C15H28N4O. The molecule has 1 amide bonds. The number of H-pyrrole nitrogens is 1. The monoisotopic (exact) mass is 280 g/mol. The SMILES string of the molecule is CC(C)(C)C(CCN)CCC(=O)NCCc1ncc[nH]1. The van der Waals surface area contributed by atoms with Crippen molar-refractivity contribution in [2.75, 3.05) is 13.1 Å². The Hall–Kier alpha value is -1.36. The van der Waals surface area contributed by atoms with Gasteiger partial charge in [-0.05, 0) is 30.7 Å². The van der Waals surface area contributed by atoms with Crippen molar-refractivity contribution in [1.82, 2.24) is 15.3 Å². The molecule has 0 aliphatic rings. The number of hydrogen-bond acceptors (Lipinski definition) is 3. The second-order valence-electron chi connectivity index (χ2n) is 6.31. The molecule has 5 heteroatoms. The third-order valence-corrected chi connectivity index (χ3v) is 3.70. The van der Waals surface area contributed by atoms with Gasteiger partial charge in [0.1, 0.15) is 5.82 Å². The van der Waals surface area contributed by atoms with Crippen LogP contribution in [-0.4, -0.2) is 29.0 Å². The van der Waals surface area contributed by atoms with Crippen LogP contribution < -0.4 is 11.1 Å². The Morgan fingerprint density at radius 3 is 2.75 bits per heavy atom. The number of nitrogens with zero attached hydrogens (tertiary/aromatic N) is 1. The van der Waals surface area contributed by atoms with E-state index in [0.29, 0.717) is 25.4 Å². The maximum absolute atomic E-state index is 11.8. The predicted molar refractivity (Wildman–Crippen MR) is 81.2 cm³/mol. The molecule has 0 saturated carbocycles. The zero-order valence-electron chi connectivity index (χ0n) is 12.9. The number of carbonyl (C=O) groups excluding carboxylic acids is 1. The van der Waals surface area contributed by atoms with E-state index in [2.05, 4.69) is 36.1 Å². The van der Waals surface area contributed by atoms with Crippen LogP contribution in [0, 0.1) is 11.3 Å². The molecule has 0 bridgehead atoms. The smallest absolute Gasteiger partial charge is 0.220 e. The minimum atomic E-state index is 0.114. The molecule has 1 rings (SSSR count). The van der Waals surface area contributed by atoms with Crippen LogP contribution in [0.4, 0.5) is 0 Å². The molecule has 5 nitrogen and oxygen atoms in total. The number of amides is 1. The second kappa shape index (κ2) is 8.04. The molecule has 1 unspecified atom stereocenters. The van der Waals surface area contributed by atoms with E-state index in [1.54, 1.807) is 12.4 Å². The van der Waals surface area contributed by atoms with Crippen LogP contribution in [0.5, 0.6) is 0 Å². The highest BCUT2D eigenvalue weighted by atomic mass is 16.1. The Labute approximate surface area is 121 Å². The summed E-state index contributed by atoms with van der Waals surface area (Å²) in [4.78, 5) is 19.0. The van der Waals surface area contributed by atoms with Gasteiger partial charge in [0.05, 0.1) is 0 Å². The lowest BCUT2D eigenvalue weighted by molar-refractivity contribution is -0.121. The Balaban J connectivity index is 2.24. The molecule has 1 heterocycles. The molecule has 0 fully saturated rings. The summed E-state index contributed by atoms with van der Waals surface area (Å²) >= 11 is 0.